The number of aromatic nitrogens is 10. The Kier molecular flexibility index (Phi) is 10.1. The minimum atomic E-state index is 0.623. The third-order valence-corrected chi connectivity index (χ3v) is 13.4. The fourth-order valence-corrected chi connectivity index (χ4v) is 10.3. The minimum absolute atomic E-state index is 0.623. The molecule has 8 aromatic carbocycles. The largest absolute Gasteiger partial charge is 0.309 e. The van der Waals surface area contributed by atoms with Gasteiger partial charge >= 0.3 is 0 Å². The molecule has 0 aliphatic carbocycles. The van der Waals surface area contributed by atoms with Crippen LogP contribution in [0.3, 0.4) is 0 Å². The predicted molar refractivity (Wildman–Crippen MR) is 289 cm³/mol. The number of para-hydroxylation sites is 3. The second kappa shape index (κ2) is 17.1. The molecular weight excluding hydrogens is 885 g/mol. The van der Waals surface area contributed by atoms with Crippen LogP contribution in [0.25, 0.3) is 123 Å². The van der Waals surface area contributed by atoms with Gasteiger partial charge in [-0.2, -0.15) is 0 Å². The summed E-state index contributed by atoms with van der Waals surface area (Å²) in [5, 5.41) is 4.45. The molecule has 5 aromatic heterocycles. The lowest BCUT2D eigenvalue weighted by Crippen LogP contribution is -2.03. The first-order valence-corrected chi connectivity index (χ1v) is 24.0. The Hall–Kier alpha value is -9.54. The summed E-state index contributed by atoms with van der Waals surface area (Å²) in [4.78, 5) is 38.7. The van der Waals surface area contributed by atoms with E-state index in [1.807, 2.05) is 64.1 Å². The Balaban J connectivity index is 1.12. The molecule has 13 rings (SSSR count). The molecule has 0 fully saturated rings. The summed E-state index contributed by atoms with van der Waals surface area (Å²) in [6.45, 7) is 7.62. The van der Waals surface area contributed by atoms with Crippen molar-refractivity contribution in [3.8, 4) is 79.2 Å². The van der Waals surface area contributed by atoms with Gasteiger partial charge in [0.1, 0.15) is 23.3 Å². The van der Waals surface area contributed by atoms with Crippen molar-refractivity contribution in [3.05, 3.63) is 217 Å². The van der Waals surface area contributed by atoms with E-state index in [-0.39, 0.29) is 0 Å². The van der Waals surface area contributed by atoms with E-state index in [4.69, 9.17) is 29.9 Å². The molecule has 0 saturated carbocycles. The van der Waals surface area contributed by atoms with Crippen LogP contribution in [0, 0.1) is 27.7 Å². The quantitative estimate of drug-likeness (QED) is 0.148. The number of benzene rings is 8. The van der Waals surface area contributed by atoms with Gasteiger partial charge in [-0.3, -0.25) is 0 Å². The summed E-state index contributed by atoms with van der Waals surface area (Å²) in [5.41, 5.74) is 14.7. The van der Waals surface area contributed by atoms with E-state index < -0.39 is 0 Å². The van der Waals surface area contributed by atoms with E-state index in [1.165, 1.54) is 10.8 Å². The average Bonchev–Trinajstić information content (AvgIpc) is 3.92. The Bertz CT molecular complexity index is 4010. The van der Waals surface area contributed by atoms with Gasteiger partial charge in [-0.1, -0.05) is 127 Å². The van der Waals surface area contributed by atoms with Gasteiger partial charge in [-0.05, 0) is 94.4 Å². The third kappa shape index (κ3) is 7.36. The van der Waals surface area contributed by atoms with Gasteiger partial charge < -0.3 is 9.13 Å². The normalized spacial score (nSPS) is 11.6. The van der Waals surface area contributed by atoms with Crippen molar-refractivity contribution < 1.29 is 0 Å². The number of hydrogen-bond donors (Lipinski definition) is 0. The Morgan fingerprint density at radius 3 is 1.25 bits per heavy atom. The molecule has 342 valence electrons. The van der Waals surface area contributed by atoms with Gasteiger partial charge in [-0.15, -0.1) is 0 Å². The van der Waals surface area contributed by atoms with Gasteiger partial charge in [0.05, 0.1) is 44.8 Å². The standard InChI is InChI=1S/C62H44N10/c1-37-63-38(2)66-61(65-37)44-28-31-57-50(33-44)51-34-45(62-67-39(3)64-40(4)68-62)29-32-58(51)72(57)59-35-43(53-36-52(41-17-7-5-8-18-41)69-60(70-53)42-19-9-6-10-20-42)27-30-49(59)48-23-13-16-26-56(48)71-54-24-14-11-21-46(54)47-22-12-15-25-55(47)71/h5-36H,1-4H3. The maximum absolute atomic E-state index is 5.33. The van der Waals surface area contributed by atoms with Crippen molar-refractivity contribution in [2.24, 2.45) is 0 Å². The highest BCUT2D eigenvalue weighted by molar-refractivity contribution is 6.13. The molecule has 72 heavy (non-hydrogen) atoms. The average molecular weight is 929 g/mol. The molecule has 0 radical (unpaired) electrons. The highest BCUT2D eigenvalue weighted by atomic mass is 15.0. The van der Waals surface area contributed by atoms with Crippen LogP contribution in [0.5, 0.6) is 0 Å². The van der Waals surface area contributed by atoms with Crippen molar-refractivity contribution in [3.63, 3.8) is 0 Å². The lowest BCUT2D eigenvalue weighted by atomic mass is 9.97. The van der Waals surface area contributed by atoms with Crippen LogP contribution in [0.15, 0.2) is 194 Å². The second-order valence-corrected chi connectivity index (χ2v) is 18.1. The van der Waals surface area contributed by atoms with Crippen LogP contribution in [0.4, 0.5) is 0 Å². The molecular formula is C62H44N10. The summed E-state index contributed by atoms with van der Waals surface area (Å²) < 4.78 is 4.80. The Labute approximate surface area is 415 Å². The summed E-state index contributed by atoms with van der Waals surface area (Å²) in [7, 11) is 0. The molecule has 0 amide bonds. The van der Waals surface area contributed by atoms with Crippen LogP contribution >= 0.6 is 0 Å². The van der Waals surface area contributed by atoms with Gasteiger partial charge in [-0.25, -0.2) is 39.9 Å². The first-order valence-electron chi connectivity index (χ1n) is 24.0. The van der Waals surface area contributed by atoms with E-state index >= 15 is 0 Å². The molecule has 0 bridgehead atoms. The van der Waals surface area contributed by atoms with E-state index in [0.717, 1.165) is 94.5 Å². The number of hydrogen-bond acceptors (Lipinski definition) is 8. The molecule has 10 nitrogen and oxygen atoms in total. The van der Waals surface area contributed by atoms with Crippen LogP contribution in [0.1, 0.15) is 23.3 Å². The number of rotatable bonds is 8. The summed E-state index contributed by atoms with van der Waals surface area (Å²) in [6.07, 6.45) is 0. The molecule has 0 aliphatic heterocycles. The molecule has 0 spiro atoms. The SMILES string of the molecule is Cc1nc(C)nc(-c2ccc3c(c2)c2cc(-c4nc(C)nc(C)n4)ccc2n3-c2cc(-c3cc(-c4ccccc4)nc(-c4ccccc4)n3)ccc2-c2ccccc2-n2c3ccccc3c3ccccc32)n1. The highest BCUT2D eigenvalue weighted by Gasteiger charge is 2.23. The summed E-state index contributed by atoms with van der Waals surface area (Å²) in [5.74, 6) is 4.57. The van der Waals surface area contributed by atoms with Crippen LogP contribution in [-0.4, -0.2) is 49.0 Å². The lowest BCUT2D eigenvalue weighted by molar-refractivity contribution is 0.928. The first-order chi connectivity index (χ1) is 35.3. The number of fused-ring (bicyclic) bond motifs is 6. The molecule has 0 N–H and O–H groups in total. The number of aryl methyl sites for hydroxylation is 4. The first kappa shape index (κ1) is 42.6. The van der Waals surface area contributed by atoms with Crippen molar-refractivity contribution in [1.82, 2.24) is 49.0 Å². The second-order valence-electron chi connectivity index (χ2n) is 18.1. The predicted octanol–water partition coefficient (Wildman–Crippen LogP) is 14.3. The molecule has 0 saturated heterocycles. The fraction of sp³-hybridized carbons (Fsp3) is 0.0645. The van der Waals surface area contributed by atoms with Crippen LogP contribution in [0.2, 0.25) is 0 Å². The number of nitrogens with zero attached hydrogens (tertiary/aromatic N) is 10. The van der Waals surface area contributed by atoms with Gasteiger partial charge in [0.2, 0.25) is 0 Å². The monoisotopic (exact) mass is 928 g/mol. The maximum Gasteiger partial charge on any atom is 0.163 e. The van der Waals surface area contributed by atoms with E-state index in [1.54, 1.807) is 0 Å². The van der Waals surface area contributed by atoms with E-state index in [2.05, 4.69) is 177 Å². The van der Waals surface area contributed by atoms with Crippen LogP contribution < -0.4 is 0 Å². The van der Waals surface area contributed by atoms with Crippen molar-refractivity contribution in [2.75, 3.05) is 0 Å². The highest BCUT2D eigenvalue weighted by Crippen LogP contribution is 2.43. The molecule has 13 aromatic rings. The smallest absolute Gasteiger partial charge is 0.163 e. The van der Waals surface area contributed by atoms with Gasteiger partial charge in [0.25, 0.3) is 0 Å². The topological polar surface area (TPSA) is 113 Å². The Morgan fingerprint density at radius 1 is 0.264 bits per heavy atom. The molecule has 10 heteroatoms. The third-order valence-electron chi connectivity index (χ3n) is 13.4. The Morgan fingerprint density at radius 2 is 0.681 bits per heavy atom. The van der Waals surface area contributed by atoms with Crippen molar-refractivity contribution in [2.45, 2.75) is 27.7 Å². The van der Waals surface area contributed by atoms with Crippen LogP contribution in [-0.2, 0) is 0 Å². The summed E-state index contributed by atoms with van der Waals surface area (Å²) >= 11 is 0. The van der Waals surface area contributed by atoms with E-state index in [9.17, 15) is 0 Å². The maximum atomic E-state index is 5.33. The van der Waals surface area contributed by atoms with Gasteiger partial charge in [0.15, 0.2) is 17.5 Å². The zero-order valence-electron chi connectivity index (χ0n) is 39.9. The van der Waals surface area contributed by atoms with E-state index in [0.29, 0.717) is 40.8 Å². The zero-order valence-corrected chi connectivity index (χ0v) is 39.9. The molecule has 0 aliphatic rings. The van der Waals surface area contributed by atoms with Gasteiger partial charge in [0, 0.05) is 60.5 Å². The lowest BCUT2D eigenvalue weighted by Gasteiger charge is -2.20. The molecule has 5 heterocycles. The molecule has 0 atom stereocenters. The van der Waals surface area contributed by atoms with Crippen molar-refractivity contribution >= 4 is 43.6 Å². The fourth-order valence-electron chi connectivity index (χ4n) is 10.3. The van der Waals surface area contributed by atoms with Crippen molar-refractivity contribution in [1.29, 1.82) is 0 Å². The summed E-state index contributed by atoms with van der Waals surface area (Å²) in [6, 6.07) is 68.5. The minimum Gasteiger partial charge on any atom is -0.309 e. The zero-order chi connectivity index (χ0) is 48.5. The molecule has 0 unspecified atom stereocenters.